The molecule has 9 aromatic carbocycles. The van der Waals surface area contributed by atoms with Crippen LogP contribution in [-0.2, 0) is 0 Å². The van der Waals surface area contributed by atoms with E-state index in [9.17, 15) is 0 Å². The SMILES string of the molecule is c1ccc(-c2ccc(N(c3ccc(-c4cccc5ccccc45)cc3)c3ccc4c(c3)sc3ccc5c(oc6ccc7ccccc7c65)c34)cc2)cc1. The van der Waals surface area contributed by atoms with Crippen LogP contribution in [0, 0.1) is 0 Å². The monoisotopic (exact) mass is 693 g/mol. The topological polar surface area (TPSA) is 16.4 Å². The maximum atomic E-state index is 6.67. The van der Waals surface area contributed by atoms with Gasteiger partial charge in [-0.1, -0.05) is 133 Å². The summed E-state index contributed by atoms with van der Waals surface area (Å²) in [6.45, 7) is 0. The summed E-state index contributed by atoms with van der Waals surface area (Å²) in [5.41, 5.74) is 10.1. The summed E-state index contributed by atoms with van der Waals surface area (Å²) in [6, 6.07) is 67.9. The summed E-state index contributed by atoms with van der Waals surface area (Å²) < 4.78 is 9.13. The minimum Gasteiger partial charge on any atom is -0.455 e. The number of fused-ring (bicyclic) bond motifs is 10. The Morgan fingerprint density at radius 2 is 1.00 bits per heavy atom. The Hall–Kier alpha value is -6.68. The van der Waals surface area contributed by atoms with Crippen molar-refractivity contribution in [1.82, 2.24) is 0 Å². The quantitative estimate of drug-likeness (QED) is 0.178. The average Bonchev–Trinajstić information content (AvgIpc) is 3.80. The number of nitrogens with zero attached hydrogens (tertiary/aromatic N) is 1. The lowest BCUT2D eigenvalue weighted by molar-refractivity contribution is 0.673. The summed E-state index contributed by atoms with van der Waals surface area (Å²) >= 11 is 1.83. The smallest absolute Gasteiger partial charge is 0.144 e. The summed E-state index contributed by atoms with van der Waals surface area (Å²) in [5, 5.41) is 9.72. The van der Waals surface area contributed by atoms with Gasteiger partial charge in [-0.15, -0.1) is 11.3 Å². The van der Waals surface area contributed by atoms with E-state index in [1.165, 1.54) is 74.7 Å². The van der Waals surface area contributed by atoms with Crippen molar-refractivity contribution in [3.05, 3.63) is 188 Å². The third-order valence-electron chi connectivity index (χ3n) is 10.7. The van der Waals surface area contributed by atoms with Gasteiger partial charge in [0.2, 0.25) is 0 Å². The van der Waals surface area contributed by atoms with Crippen LogP contribution in [0.4, 0.5) is 17.1 Å². The van der Waals surface area contributed by atoms with Gasteiger partial charge in [-0.25, -0.2) is 0 Å². The fourth-order valence-electron chi connectivity index (χ4n) is 8.14. The van der Waals surface area contributed by atoms with Crippen molar-refractivity contribution >= 4 is 92.1 Å². The van der Waals surface area contributed by atoms with Gasteiger partial charge in [0, 0.05) is 48.0 Å². The van der Waals surface area contributed by atoms with Gasteiger partial charge in [0.25, 0.3) is 0 Å². The van der Waals surface area contributed by atoms with E-state index in [4.69, 9.17) is 4.42 Å². The van der Waals surface area contributed by atoms with E-state index in [1.54, 1.807) is 0 Å². The molecule has 11 aromatic rings. The van der Waals surface area contributed by atoms with Crippen molar-refractivity contribution < 1.29 is 4.42 Å². The highest BCUT2D eigenvalue weighted by Gasteiger charge is 2.19. The molecule has 248 valence electrons. The van der Waals surface area contributed by atoms with Crippen molar-refractivity contribution in [3.8, 4) is 22.3 Å². The van der Waals surface area contributed by atoms with Crippen molar-refractivity contribution in [2.75, 3.05) is 4.90 Å². The largest absolute Gasteiger partial charge is 0.455 e. The Bertz CT molecular complexity index is 3150. The van der Waals surface area contributed by atoms with Gasteiger partial charge in [-0.2, -0.15) is 0 Å². The van der Waals surface area contributed by atoms with Gasteiger partial charge in [0.05, 0.1) is 0 Å². The molecule has 0 aliphatic rings. The second-order valence-electron chi connectivity index (χ2n) is 13.7. The predicted octanol–water partition coefficient (Wildman–Crippen LogP) is 15.1. The van der Waals surface area contributed by atoms with Crippen molar-refractivity contribution in [3.63, 3.8) is 0 Å². The highest BCUT2D eigenvalue weighted by molar-refractivity contribution is 7.26. The third-order valence-corrected chi connectivity index (χ3v) is 11.8. The average molecular weight is 694 g/mol. The Morgan fingerprint density at radius 3 is 1.79 bits per heavy atom. The number of furan rings is 1. The zero-order valence-electron chi connectivity index (χ0n) is 28.7. The standard InChI is InChI=1S/C50H31NOS/c1-2-9-32(10-3-1)33-17-22-37(23-18-33)51(38-24-19-36(20-25-38)41-16-8-13-34-11-4-6-14-40(34)41)39-26-27-43-47(31-39)53-46-30-28-44-48-42-15-7-5-12-35(42)21-29-45(48)52-50(44)49(43)46/h1-31H. The first-order valence-corrected chi connectivity index (χ1v) is 18.8. The van der Waals surface area contributed by atoms with Gasteiger partial charge >= 0.3 is 0 Å². The lowest BCUT2D eigenvalue weighted by atomic mass is 9.98. The maximum Gasteiger partial charge on any atom is 0.144 e. The lowest BCUT2D eigenvalue weighted by Gasteiger charge is -2.26. The highest BCUT2D eigenvalue weighted by Crippen LogP contribution is 2.46. The number of hydrogen-bond donors (Lipinski definition) is 0. The van der Waals surface area contributed by atoms with Gasteiger partial charge in [-0.05, 0) is 98.4 Å². The number of thiophene rings is 1. The Morgan fingerprint density at radius 1 is 0.377 bits per heavy atom. The van der Waals surface area contributed by atoms with Crippen molar-refractivity contribution in [1.29, 1.82) is 0 Å². The van der Waals surface area contributed by atoms with Crippen LogP contribution in [0.2, 0.25) is 0 Å². The van der Waals surface area contributed by atoms with Crippen LogP contribution >= 0.6 is 11.3 Å². The van der Waals surface area contributed by atoms with Crippen LogP contribution in [0.3, 0.4) is 0 Å². The van der Waals surface area contributed by atoms with E-state index in [-0.39, 0.29) is 0 Å². The lowest BCUT2D eigenvalue weighted by Crippen LogP contribution is -2.09. The number of rotatable bonds is 5. The second kappa shape index (κ2) is 11.9. The molecule has 0 unspecified atom stereocenters. The Kier molecular flexibility index (Phi) is 6.76. The number of benzene rings is 9. The molecular formula is C50H31NOS. The van der Waals surface area contributed by atoms with Crippen LogP contribution in [0.5, 0.6) is 0 Å². The fraction of sp³-hybridized carbons (Fsp3) is 0. The Labute approximate surface area is 310 Å². The van der Waals surface area contributed by atoms with E-state index in [2.05, 4.69) is 193 Å². The molecule has 0 atom stereocenters. The summed E-state index contributed by atoms with van der Waals surface area (Å²) in [5.74, 6) is 0. The van der Waals surface area contributed by atoms with Gasteiger partial charge in [0.15, 0.2) is 0 Å². The Balaban J connectivity index is 1.06. The zero-order valence-corrected chi connectivity index (χ0v) is 29.5. The summed E-state index contributed by atoms with van der Waals surface area (Å²) in [6.07, 6.45) is 0. The zero-order chi connectivity index (χ0) is 34.9. The van der Waals surface area contributed by atoms with Gasteiger partial charge in [0.1, 0.15) is 11.2 Å². The molecule has 2 aromatic heterocycles. The second-order valence-corrected chi connectivity index (χ2v) is 14.8. The fourth-order valence-corrected chi connectivity index (χ4v) is 9.28. The molecule has 0 radical (unpaired) electrons. The summed E-state index contributed by atoms with van der Waals surface area (Å²) in [7, 11) is 0. The molecule has 0 spiro atoms. The normalized spacial score (nSPS) is 11.8. The van der Waals surface area contributed by atoms with Crippen LogP contribution in [0.25, 0.3) is 85.9 Å². The first-order valence-electron chi connectivity index (χ1n) is 18.0. The first-order chi connectivity index (χ1) is 26.3. The minimum atomic E-state index is 0.930. The predicted molar refractivity (Wildman–Crippen MR) is 227 cm³/mol. The maximum absolute atomic E-state index is 6.67. The van der Waals surface area contributed by atoms with Crippen LogP contribution in [0.15, 0.2) is 192 Å². The minimum absolute atomic E-state index is 0.930. The van der Waals surface area contributed by atoms with E-state index in [0.717, 1.165) is 28.2 Å². The van der Waals surface area contributed by atoms with Crippen LogP contribution in [0.1, 0.15) is 0 Å². The molecule has 0 aliphatic carbocycles. The molecule has 0 bridgehead atoms. The molecule has 0 saturated carbocycles. The third kappa shape index (κ3) is 4.86. The molecule has 0 amide bonds. The molecule has 53 heavy (non-hydrogen) atoms. The number of hydrogen-bond acceptors (Lipinski definition) is 3. The molecule has 3 heteroatoms. The van der Waals surface area contributed by atoms with Crippen LogP contribution < -0.4 is 4.90 Å². The van der Waals surface area contributed by atoms with E-state index in [1.807, 2.05) is 11.3 Å². The van der Waals surface area contributed by atoms with E-state index < -0.39 is 0 Å². The van der Waals surface area contributed by atoms with Gasteiger partial charge in [-0.3, -0.25) is 0 Å². The molecule has 11 rings (SSSR count). The van der Waals surface area contributed by atoms with Crippen LogP contribution in [-0.4, -0.2) is 0 Å². The molecular weight excluding hydrogens is 663 g/mol. The molecule has 0 N–H and O–H groups in total. The van der Waals surface area contributed by atoms with Crippen molar-refractivity contribution in [2.45, 2.75) is 0 Å². The van der Waals surface area contributed by atoms with Crippen molar-refractivity contribution in [2.24, 2.45) is 0 Å². The number of anilines is 3. The molecule has 0 aliphatic heterocycles. The summed E-state index contributed by atoms with van der Waals surface area (Å²) in [4.78, 5) is 2.37. The van der Waals surface area contributed by atoms with E-state index >= 15 is 0 Å². The highest BCUT2D eigenvalue weighted by atomic mass is 32.1. The van der Waals surface area contributed by atoms with Gasteiger partial charge < -0.3 is 9.32 Å². The molecule has 0 fully saturated rings. The molecule has 0 saturated heterocycles. The van der Waals surface area contributed by atoms with E-state index in [0.29, 0.717) is 0 Å². The molecule has 2 nitrogen and oxygen atoms in total. The first kappa shape index (κ1) is 30.0. The molecule has 2 heterocycles.